The first-order valence-corrected chi connectivity index (χ1v) is 11.1. The Hall–Kier alpha value is -2.87. The summed E-state index contributed by atoms with van der Waals surface area (Å²) in [5.41, 5.74) is 5.66. The summed E-state index contributed by atoms with van der Waals surface area (Å²) in [5, 5.41) is 12.8. The summed E-state index contributed by atoms with van der Waals surface area (Å²) in [6.07, 6.45) is 0. The van der Waals surface area contributed by atoms with Crippen molar-refractivity contribution < 1.29 is 4.79 Å². The van der Waals surface area contributed by atoms with Crippen molar-refractivity contribution in [1.29, 1.82) is 0 Å². The van der Waals surface area contributed by atoms with Gasteiger partial charge >= 0.3 is 0 Å². The van der Waals surface area contributed by atoms with Gasteiger partial charge in [0.05, 0.1) is 11.4 Å². The summed E-state index contributed by atoms with van der Waals surface area (Å²) in [6.45, 7) is 9.34. The smallest absolute Gasteiger partial charge is 0.233 e. The number of tetrazole rings is 1. The molecule has 0 radical (unpaired) electrons. The summed E-state index contributed by atoms with van der Waals surface area (Å²) in [6, 6.07) is 14.6. The first-order chi connectivity index (χ1) is 14.5. The molecule has 2 aromatic carbocycles. The molecule has 0 bridgehead atoms. The highest BCUT2D eigenvalue weighted by Gasteiger charge is 2.22. The Morgan fingerprint density at radius 3 is 2.40 bits per heavy atom. The maximum Gasteiger partial charge on any atom is 0.233 e. The minimum Gasteiger partial charge on any atom is -0.368 e. The van der Waals surface area contributed by atoms with Gasteiger partial charge in [-0.2, -0.15) is 4.68 Å². The van der Waals surface area contributed by atoms with Gasteiger partial charge in [-0.3, -0.25) is 4.79 Å². The van der Waals surface area contributed by atoms with Crippen LogP contribution in [-0.2, 0) is 4.79 Å². The van der Waals surface area contributed by atoms with Crippen LogP contribution in [0.4, 0.5) is 5.69 Å². The average molecular weight is 423 g/mol. The zero-order chi connectivity index (χ0) is 21.1. The number of aromatic nitrogens is 4. The molecule has 8 heteroatoms. The number of anilines is 1. The van der Waals surface area contributed by atoms with Crippen molar-refractivity contribution in [2.75, 3.05) is 36.8 Å². The number of carbonyl (C=O) groups is 1. The molecule has 156 valence electrons. The van der Waals surface area contributed by atoms with E-state index in [2.05, 4.69) is 51.6 Å². The monoisotopic (exact) mass is 422 g/mol. The second-order valence-electron chi connectivity index (χ2n) is 7.61. The fourth-order valence-corrected chi connectivity index (χ4v) is 4.58. The number of hydrogen-bond acceptors (Lipinski definition) is 6. The molecule has 1 amide bonds. The van der Waals surface area contributed by atoms with E-state index in [1.807, 2.05) is 36.9 Å². The van der Waals surface area contributed by atoms with Crippen LogP contribution in [0, 0.1) is 20.8 Å². The number of nitrogens with zero attached hydrogens (tertiary/aromatic N) is 6. The Morgan fingerprint density at radius 2 is 1.70 bits per heavy atom. The molecule has 0 aliphatic carbocycles. The highest BCUT2D eigenvalue weighted by atomic mass is 32.2. The molecule has 4 rings (SSSR count). The molecular formula is C22H26N6OS. The number of piperazine rings is 1. The van der Waals surface area contributed by atoms with Crippen molar-refractivity contribution in [3.63, 3.8) is 0 Å². The Morgan fingerprint density at radius 1 is 1.00 bits per heavy atom. The van der Waals surface area contributed by atoms with Gasteiger partial charge in [0, 0.05) is 31.9 Å². The standard InChI is InChI=1S/C22H26N6OS/c1-16-6-4-9-19(14-16)26-10-12-27(13-11-26)20(29)15-30-22-23-24-25-28(22)21-17(2)7-5-8-18(21)3/h4-9,14H,10-13,15H2,1-3H3. The number of rotatable bonds is 5. The van der Waals surface area contributed by atoms with Crippen molar-refractivity contribution in [3.05, 3.63) is 59.2 Å². The van der Waals surface area contributed by atoms with Gasteiger partial charge in [-0.1, -0.05) is 42.1 Å². The number of para-hydroxylation sites is 1. The maximum atomic E-state index is 12.8. The van der Waals surface area contributed by atoms with E-state index in [0.717, 1.165) is 43.0 Å². The predicted octanol–water partition coefficient (Wildman–Crippen LogP) is 3.03. The first kappa shape index (κ1) is 20.4. The van der Waals surface area contributed by atoms with Gasteiger partial charge < -0.3 is 9.80 Å². The lowest BCUT2D eigenvalue weighted by molar-refractivity contribution is -0.128. The van der Waals surface area contributed by atoms with Crippen LogP contribution in [0.15, 0.2) is 47.6 Å². The maximum absolute atomic E-state index is 12.8. The molecule has 0 unspecified atom stereocenters. The Kier molecular flexibility index (Phi) is 6.03. The predicted molar refractivity (Wildman–Crippen MR) is 119 cm³/mol. The van der Waals surface area contributed by atoms with Crippen LogP contribution in [0.1, 0.15) is 16.7 Å². The molecule has 1 aliphatic rings. The zero-order valence-electron chi connectivity index (χ0n) is 17.6. The van der Waals surface area contributed by atoms with Crippen LogP contribution >= 0.6 is 11.8 Å². The number of benzene rings is 2. The SMILES string of the molecule is Cc1cccc(N2CCN(C(=O)CSc3nnnn3-c3c(C)cccc3C)CC2)c1. The van der Waals surface area contributed by atoms with Crippen molar-refractivity contribution in [3.8, 4) is 5.69 Å². The molecular weight excluding hydrogens is 396 g/mol. The topological polar surface area (TPSA) is 67.2 Å². The van der Waals surface area contributed by atoms with Gasteiger partial charge in [-0.05, 0) is 60.0 Å². The van der Waals surface area contributed by atoms with Crippen LogP contribution in [-0.4, -0.2) is 62.9 Å². The third-order valence-corrected chi connectivity index (χ3v) is 6.32. The van der Waals surface area contributed by atoms with E-state index >= 15 is 0 Å². The molecule has 0 N–H and O–H groups in total. The molecule has 7 nitrogen and oxygen atoms in total. The molecule has 0 atom stereocenters. The summed E-state index contributed by atoms with van der Waals surface area (Å²) in [7, 11) is 0. The van der Waals surface area contributed by atoms with E-state index in [9.17, 15) is 4.79 Å². The Bertz CT molecular complexity index is 1020. The van der Waals surface area contributed by atoms with Gasteiger partial charge in [-0.25, -0.2) is 0 Å². The number of carbonyl (C=O) groups excluding carboxylic acids is 1. The van der Waals surface area contributed by atoms with E-state index in [-0.39, 0.29) is 5.91 Å². The quantitative estimate of drug-likeness (QED) is 0.589. The highest BCUT2D eigenvalue weighted by Crippen LogP contribution is 2.24. The number of thioether (sulfide) groups is 1. The van der Waals surface area contributed by atoms with Crippen LogP contribution in [0.3, 0.4) is 0 Å². The average Bonchev–Trinajstić information content (AvgIpc) is 3.20. The van der Waals surface area contributed by atoms with Gasteiger partial charge in [0.2, 0.25) is 11.1 Å². The lowest BCUT2D eigenvalue weighted by Crippen LogP contribution is -2.49. The number of amides is 1. The molecule has 0 saturated carbocycles. The van der Waals surface area contributed by atoms with Crippen LogP contribution in [0.2, 0.25) is 0 Å². The third kappa shape index (κ3) is 4.33. The minimum atomic E-state index is 0.125. The second kappa shape index (κ2) is 8.87. The van der Waals surface area contributed by atoms with E-state index < -0.39 is 0 Å². The van der Waals surface area contributed by atoms with Crippen LogP contribution in [0.25, 0.3) is 5.69 Å². The summed E-state index contributed by atoms with van der Waals surface area (Å²) < 4.78 is 1.73. The fourth-order valence-electron chi connectivity index (χ4n) is 3.81. The minimum absolute atomic E-state index is 0.125. The van der Waals surface area contributed by atoms with Gasteiger partial charge in [-0.15, -0.1) is 5.10 Å². The lowest BCUT2D eigenvalue weighted by atomic mass is 10.1. The molecule has 2 heterocycles. The highest BCUT2D eigenvalue weighted by molar-refractivity contribution is 7.99. The molecule has 1 aliphatic heterocycles. The molecule has 1 fully saturated rings. The van der Waals surface area contributed by atoms with Crippen LogP contribution < -0.4 is 4.90 Å². The van der Waals surface area contributed by atoms with Gasteiger partial charge in [0.1, 0.15) is 0 Å². The van der Waals surface area contributed by atoms with Crippen molar-refractivity contribution in [2.24, 2.45) is 0 Å². The van der Waals surface area contributed by atoms with E-state index in [1.54, 1.807) is 4.68 Å². The number of aryl methyl sites for hydroxylation is 3. The zero-order valence-corrected chi connectivity index (χ0v) is 18.4. The van der Waals surface area contributed by atoms with E-state index in [0.29, 0.717) is 10.9 Å². The van der Waals surface area contributed by atoms with Gasteiger partial charge in [0.15, 0.2) is 0 Å². The molecule has 0 spiro atoms. The van der Waals surface area contributed by atoms with Crippen molar-refractivity contribution in [2.45, 2.75) is 25.9 Å². The largest absolute Gasteiger partial charge is 0.368 e. The molecule has 1 saturated heterocycles. The number of hydrogen-bond donors (Lipinski definition) is 0. The summed E-state index contributed by atoms with van der Waals surface area (Å²) in [4.78, 5) is 17.1. The third-order valence-electron chi connectivity index (χ3n) is 5.42. The summed E-state index contributed by atoms with van der Waals surface area (Å²) >= 11 is 1.39. The molecule has 3 aromatic rings. The normalized spacial score (nSPS) is 14.2. The van der Waals surface area contributed by atoms with Crippen LogP contribution in [0.5, 0.6) is 0 Å². The second-order valence-corrected chi connectivity index (χ2v) is 8.55. The van der Waals surface area contributed by atoms with E-state index in [4.69, 9.17) is 0 Å². The molecule has 1 aromatic heterocycles. The van der Waals surface area contributed by atoms with Crippen molar-refractivity contribution in [1.82, 2.24) is 25.1 Å². The first-order valence-electron chi connectivity index (χ1n) is 10.1. The lowest BCUT2D eigenvalue weighted by Gasteiger charge is -2.36. The molecule has 30 heavy (non-hydrogen) atoms. The van der Waals surface area contributed by atoms with Gasteiger partial charge in [0.25, 0.3) is 0 Å². The fraction of sp³-hybridized carbons (Fsp3) is 0.364. The van der Waals surface area contributed by atoms with Crippen molar-refractivity contribution >= 4 is 23.4 Å². The Labute approximate surface area is 181 Å². The van der Waals surface area contributed by atoms with E-state index in [1.165, 1.54) is 23.0 Å². The summed E-state index contributed by atoms with van der Waals surface area (Å²) in [5.74, 6) is 0.454. The Balaban J connectivity index is 1.36.